The summed E-state index contributed by atoms with van der Waals surface area (Å²) in [5.74, 6) is -0.783. The summed E-state index contributed by atoms with van der Waals surface area (Å²) in [6.45, 7) is 0.914. The van der Waals surface area contributed by atoms with Crippen LogP contribution in [0, 0.1) is 19.6 Å². The molecule has 1 saturated heterocycles. The molecule has 4 aromatic rings. The van der Waals surface area contributed by atoms with Gasteiger partial charge in [-0.1, -0.05) is 29.0 Å². The zero-order chi connectivity index (χ0) is 26.3. The highest BCUT2D eigenvalue weighted by molar-refractivity contribution is 7.14. The number of aryl methyl sites for hydroxylation is 2. The normalized spacial score (nSPS) is 17.7. The molecular weight excluding hydrogens is 473 g/mol. The molecule has 1 N–H and O–H groups in total. The fourth-order valence-electron chi connectivity index (χ4n) is 4.42. The van der Waals surface area contributed by atoms with Crippen molar-refractivity contribution in [3.05, 3.63) is 69.6 Å². The van der Waals surface area contributed by atoms with Gasteiger partial charge in [0, 0.05) is 32.8 Å². The van der Waals surface area contributed by atoms with Gasteiger partial charge >= 0.3 is 0 Å². The number of carbonyl (C=O) groups is 1. The van der Waals surface area contributed by atoms with Crippen LogP contribution in [0.25, 0.3) is 21.3 Å². The largest absolute Gasteiger partial charge is 0.315 e. The first kappa shape index (κ1) is 19.4. The Morgan fingerprint density at radius 3 is 2.91 bits per heavy atom. The summed E-state index contributed by atoms with van der Waals surface area (Å²) in [5.41, 5.74) is 1.10. The number of amides is 1. The van der Waals surface area contributed by atoms with Gasteiger partial charge in [-0.15, -0.1) is 10.2 Å². The Balaban J connectivity index is 1.57. The summed E-state index contributed by atoms with van der Waals surface area (Å²) in [5, 5.41) is 13.3. The maximum Gasteiger partial charge on any atom is 0.262 e. The van der Waals surface area contributed by atoms with E-state index in [2.05, 4.69) is 20.5 Å². The number of pyridine rings is 1. The van der Waals surface area contributed by atoms with Gasteiger partial charge in [0.15, 0.2) is 0 Å². The van der Waals surface area contributed by atoms with Crippen molar-refractivity contribution in [3.63, 3.8) is 0 Å². The lowest BCUT2D eigenvalue weighted by atomic mass is 10.0. The minimum Gasteiger partial charge on any atom is -0.315 e. The van der Waals surface area contributed by atoms with Gasteiger partial charge in [0.25, 0.3) is 5.91 Å². The Morgan fingerprint density at radius 2 is 2.18 bits per heavy atom. The monoisotopic (exact) mass is 498 g/mol. The van der Waals surface area contributed by atoms with Crippen LogP contribution in [0.3, 0.4) is 0 Å². The first-order chi connectivity index (χ1) is 17.6. The van der Waals surface area contributed by atoms with E-state index in [1.54, 1.807) is 17.2 Å². The Morgan fingerprint density at radius 1 is 1.29 bits per heavy atom. The van der Waals surface area contributed by atoms with Gasteiger partial charge in [-0.05, 0) is 74.4 Å². The smallest absolute Gasteiger partial charge is 0.262 e. The van der Waals surface area contributed by atoms with Gasteiger partial charge in [0.2, 0.25) is 0 Å². The van der Waals surface area contributed by atoms with Crippen LogP contribution in [0.2, 0.25) is 5.02 Å². The number of rotatable bonds is 4. The van der Waals surface area contributed by atoms with Crippen LogP contribution in [-0.4, -0.2) is 40.2 Å². The van der Waals surface area contributed by atoms with Crippen molar-refractivity contribution >= 4 is 45.4 Å². The fraction of sp³-hybridized carbons (Fsp3) is 0.280. The van der Waals surface area contributed by atoms with Crippen LogP contribution in [-0.2, 0) is 0 Å². The molecule has 0 saturated carbocycles. The van der Waals surface area contributed by atoms with E-state index in [4.69, 9.17) is 15.7 Å². The first-order valence-corrected chi connectivity index (χ1v) is 12.1. The molecule has 0 spiro atoms. The van der Waals surface area contributed by atoms with Crippen molar-refractivity contribution < 1.29 is 13.3 Å². The molecule has 9 heteroatoms. The number of nitrogens with one attached hydrogen (secondary N) is 1. The Kier molecular flexibility index (Phi) is 5.34. The molecule has 0 aliphatic carbocycles. The second-order valence-corrected chi connectivity index (χ2v) is 9.65. The molecule has 1 fully saturated rings. The zero-order valence-corrected chi connectivity index (χ0v) is 19.9. The second kappa shape index (κ2) is 9.37. The number of benzene rings is 2. The summed E-state index contributed by atoms with van der Waals surface area (Å²) in [6, 6.07) is 9.41. The zero-order valence-electron chi connectivity index (χ0n) is 21.3. The van der Waals surface area contributed by atoms with Gasteiger partial charge in [0.05, 0.1) is 11.6 Å². The molecule has 1 aliphatic heterocycles. The number of aromatic nitrogens is 3. The standard InChI is InChI=1S/C25H23ClFN5OS/c1-14-10-18(26)11-16-7-9-29-23(22(14)16)32(19-4-3-8-28-13-19)25(33)20-6-5-17(12-21(20)27)24-31-30-15(2)34-24/h5-7,9-12,19,28H,3-4,8,13H2,1-2H3/t19-/m1/s1/i2D3. The predicted octanol–water partition coefficient (Wildman–Crippen LogP) is 5.56. The van der Waals surface area contributed by atoms with E-state index in [1.165, 1.54) is 12.1 Å². The number of anilines is 1. The Bertz CT molecular complexity index is 1490. The molecule has 0 radical (unpaired) electrons. The van der Waals surface area contributed by atoms with Crippen LogP contribution in [0.4, 0.5) is 10.2 Å². The van der Waals surface area contributed by atoms with Crippen molar-refractivity contribution in [3.8, 4) is 10.6 Å². The van der Waals surface area contributed by atoms with Crippen molar-refractivity contribution in [1.29, 1.82) is 0 Å². The molecule has 34 heavy (non-hydrogen) atoms. The highest BCUT2D eigenvalue weighted by Gasteiger charge is 2.32. The first-order valence-electron chi connectivity index (χ1n) is 12.4. The molecule has 1 aliphatic rings. The van der Waals surface area contributed by atoms with E-state index in [9.17, 15) is 4.79 Å². The van der Waals surface area contributed by atoms with Crippen molar-refractivity contribution in [2.24, 2.45) is 0 Å². The average molecular weight is 499 g/mol. The molecule has 1 amide bonds. The number of nitrogens with zero attached hydrogens (tertiary/aromatic N) is 4. The molecule has 5 rings (SSSR count). The van der Waals surface area contributed by atoms with E-state index < -0.39 is 18.6 Å². The van der Waals surface area contributed by atoms with Crippen molar-refractivity contribution in [1.82, 2.24) is 20.5 Å². The van der Waals surface area contributed by atoms with Crippen LogP contribution < -0.4 is 10.2 Å². The van der Waals surface area contributed by atoms with Gasteiger partial charge in [0.1, 0.15) is 21.7 Å². The maximum atomic E-state index is 15.5. The molecule has 1 atom stereocenters. The van der Waals surface area contributed by atoms with Crippen molar-refractivity contribution in [2.45, 2.75) is 32.7 Å². The van der Waals surface area contributed by atoms with E-state index in [1.807, 2.05) is 25.1 Å². The highest BCUT2D eigenvalue weighted by atomic mass is 35.5. The third-order valence-corrected chi connectivity index (χ3v) is 6.96. The summed E-state index contributed by atoms with van der Waals surface area (Å²) in [4.78, 5) is 20.1. The number of carbonyl (C=O) groups excluding carboxylic acids is 1. The quantitative estimate of drug-likeness (QED) is 0.399. The number of fused-ring (bicyclic) bond motifs is 1. The van der Waals surface area contributed by atoms with E-state index >= 15 is 4.39 Å². The second-order valence-electron chi connectivity index (χ2n) is 8.24. The minimum atomic E-state index is -2.40. The van der Waals surface area contributed by atoms with Gasteiger partial charge < -0.3 is 5.32 Å². The average Bonchev–Trinajstić information content (AvgIpc) is 3.36. The molecule has 0 unspecified atom stereocenters. The van der Waals surface area contributed by atoms with Gasteiger partial charge in [-0.2, -0.15) is 0 Å². The number of piperidine rings is 1. The topological polar surface area (TPSA) is 71.0 Å². The fourth-order valence-corrected chi connectivity index (χ4v) is 5.29. The molecule has 3 heterocycles. The van der Waals surface area contributed by atoms with Gasteiger partial charge in [-0.3, -0.25) is 9.69 Å². The van der Waals surface area contributed by atoms with E-state index in [0.29, 0.717) is 22.9 Å². The van der Waals surface area contributed by atoms with Crippen LogP contribution >= 0.6 is 22.9 Å². The van der Waals surface area contributed by atoms with E-state index in [0.717, 1.165) is 47.1 Å². The lowest BCUT2D eigenvalue weighted by Crippen LogP contribution is -2.49. The van der Waals surface area contributed by atoms with Crippen molar-refractivity contribution in [2.75, 3.05) is 18.0 Å². The number of hydrogen-bond acceptors (Lipinski definition) is 6. The van der Waals surface area contributed by atoms with Crippen LogP contribution in [0.15, 0.2) is 42.6 Å². The molecule has 0 bridgehead atoms. The molecule has 2 aromatic heterocycles. The highest BCUT2D eigenvalue weighted by Crippen LogP contribution is 2.34. The summed E-state index contributed by atoms with van der Waals surface area (Å²) in [6.07, 6.45) is 3.24. The third-order valence-electron chi connectivity index (χ3n) is 5.96. The third kappa shape index (κ3) is 4.29. The van der Waals surface area contributed by atoms with Crippen LogP contribution in [0.5, 0.6) is 0 Å². The Labute approximate surface area is 210 Å². The molecule has 174 valence electrons. The molecule has 2 aromatic carbocycles. The SMILES string of the molecule is [2H]C([2H])([2H])c1nnc(-c2ccc(C(=O)N(c3nccc4cc(Cl)cc(C)c34)[C@@H]3CCCNC3)c(F)c2)s1. The lowest BCUT2D eigenvalue weighted by molar-refractivity contribution is 0.0968. The maximum absolute atomic E-state index is 15.5. The number of halogens is 2. The predicted molar refractivity (Wildman–Crippen MR) is 134 cm³/mol. The molecular formula is C25H23ClFN5OS. The minimum absolute atomic E-state index is 0.111. The summed E-state index contributed by atoms with van der Waals surface area (Å²) in [7, 11) is 0. The number of hydrogen-bond donors (Lipinski definition) is 1. The van der Waals surface area contributed by atoms with Crippen LogP contribution in [0.1, 0.15) is 37.9 Å². The van der Waals surface area contributed by atoms with E-state index in [-0.39, 0.29) is 21.6 Å². The summed E-state index contributed by atoms with van der Waals surface area (Å²) < 4.78 is 37.9. The van der Waals surface area contributed by atoms with Gasteiger partial charge in [-0.25, -0.2) is 9.37 Å². The Hall–Kier alpha value is -2.94. The summed E-state index contributed by atoms with van der Waals surface area (Å²) >= 11 is 7.15. The lowest BCUT2D eigenvalue weighted by Gasteiger charge is -2.35. The molecule has 6 nitrogen and oxygen atoms in total.